The molecule has 0 saturated heterocycles. The average Bonchev–Trinajstić information content (AvgIpc) is 3.12. The Labute approximate surface area is 138 Å². The summed E-state index contributed by atoms with van der Waals surface area (Å²) >= 11 is 0. The molecule has 2 heterocycles. The quantitative estimate of drug-likeness (QED) is 0.703. The van der Waals surface area contributed by atoms with Crippen molar-refractivity contribution in [1.82, 2.24) is 5.16 Å². The van der Waals surface area contributed by atoms with E-state index in [-0.39, 0.29) is 11.2 Å². The minimum absolute atomic E-state index is 0.188. The van der Waals surface area contributed by atoms with E-state index in [1.165, 1.54) is 0 Å². The topological polar surface area (TPSA) is 97.4 Å². The van der Waals surface area contributed by atoms with E-state index < -0.39 is 6.03 Å². The van der Waals surface area contributed by atoms with Gasteiger partial charge in [-0.2, -0.15) is 0 Å². The van der Waals surface area contributed by atoms with E-state index in [1.807, 2.05) is 20.8 Å². The van der Waals surface area contributed by atoms with Gasteiger partial charge in [0.15, 0.2) is 17.9 Å². The van der Waals surface area contributed by atoms with Crippen LogP contribution in [0, 0.1) is 0 Å². The lowest BCUT2D eigenvalue weighted by molar-refractivity contribution is 0.110. The van der Waals surface area contributed by atoms with Crippen LogP contribution in [-0.4, -0.2) is 17.5 Å². The second-order valence-electron chi connectivity index (χ2n) is 6.42. The Balaban J connectivity index is 1.70. The summed E-state index contributed by atoms with van der Waals surface area (Å²) in [4.78, 5) is 22.8. The molecule has 7 nitrogen and oxygen atoms in total. The Kier molecular flexibility index (Phi) is 3.84. The first-order chi connectivity index (χ1) is 11.3. The van der Waals surface area contributed by atoms with Gasteiger partial charge in [-0.05, 0) is 24.3 Å². The van der Waals surface area contributed by atoms with Crippen molar-refractivity contribution < 1.29 is 18.5 Å². The Bertz CT molecular complexity index is 902. The molecule has 3 aromatic rings. The van der Waals surface area contributed by atoms with Crippen molar-refractivity contribution in [2.24, 2.45) is 0 Å². The number of hydrogen-bond acceptors (Lipinski definition) is 5. The smallest absolute Gasteiger partial charge is 0.324 e. The van der Waals surface area contributed by atoms with Crippen LogP contribution in [0.4, 0.5) is 16.3 Å². The number of aldehydes is 1. The highest BCUT2D eigenvalue weighted by atomic mass is 16.5. The molecule has 0 atom stereocenters. The van der Waals surface area contributed by atoms with Crippen molar-refractivity contribution >= 4 is 34.8 Å². The monoisotopic (exact) mass is 327 g/mol. The maximum atomic E-state index is 12.1. The van der Waals surface area contributed by atoms with E-state index in [0.717, 1.165) is 5.39 Å². The Morgan fingerprint density at radius 3 is 2.62 bits per heavy atom. The number of aromatic nitrogens is 1. The molecule has 0 fully saturated rings. The molecule has 0 spiro atoms. The van der Waals surface area contributed by atoms with Crippen LogP contribution in [0.15, 0.2) is 39.3 Å². The van der Waals surface area contributed by atoms with Crippen molar-refractivity contribution in [3.63, 3.8) is 0 Å². The second-order valence-corrected chi connectivity index (χ2v) is 6.42. The second kappa shape index (κ2) is 5.84. The third-order valence-electron chi connectivity index (χ3n) is 3.40. The summed E-state index contributed by atoms with van der Waals surface area (Å²) in [6.45, 7) is 5.97. The van der Waals surface area contributed by atoms with Crippen molar-refractivity contribution in [2.45, 2.75) is 26.2 Å². The molecular weight excluding hydrogens is 310 g/mol. The van der Waals surface area contributed by atoms with Gasteiger partial charge in [-0.1, -0.05) is 25.9 Å². The molecule has 0 aliphatic heterocycles. The molecule has 0 bridgehead atoms. The van der Waals surface area contributed by atoms with Gasteiger partial charge in [0.25, 0.3) is 0 Å². The SMILES string of the molecule is CC(C)(C)c1cc(NC(=O)Nc2ccc3oc(C=O)cc3c2)no1. The van der Waals surface area contributed by atoms with Gasteiger partial charge in [0, 0.05) is 22.6 Å². The number of carbonyl (C=O) groups is 2. The van der Waals surface area contributed by atoms with E-state index in [0.29, 0.717) is 29.1 Å². The Morgan fingerprint density at radius 2 is 1.96 bits per heavy atom. The number of amides is 2. The molecule has 2 N–H and O–H groups in total. The highest BCUT2D eigenvalue weighted by Gasteiger charge is 2.20. The minimum Gasteiger partial charge on any atom is -0.453 e. The van der Waals surface area contributed by atoms with E-state index >= 15 is 0 Å². The van der Waals surface area contributed by atoms with Gasteiger partial charge in [0.1, 0.15) is 11.3 Å². The number of nitrogens with zero attached hydrogens (tertiary/aromatic N) is 1. The van der Waals surface area contributed by atoms with Gasteiger partial charge in [-0.15, -0.1) is 0 Å². The predicted molar refractivity (Wildman–Crippen MR) is 89.4 cm³/mol. The lowest BCUT2D eigenvalue weighted by Gasteiger charge is -2.12. The number of nitrogens with one attached hydrogen (secondary N) is 2. The maximum Gasteiger partial charge on any atom is 0.324 e. The number of anilines is 2. The standard InChI is InChI=1S/C17H17N3O4/c1-17(2,3)14-8-15(20-24-14)19-16(22)18-11-4-5-13-10(6-11)7-12(9-21)23-13/h4-9H,1-3H3,(H2,18,19,20,22). The molecule has 0 aliphatic rings. The summed E-state index contributed by atoms with van der Waals surface area (Å²) in [7, 11) is 0. The predicted octanol–water partition coefficient (Wildman–Crippen LogP) is 4.17. The highest BCUT2D eigenvalue weighted by molar-refractivity contribution is 6.00. The number of fused-ring (bicyclic) bond motifs is 1. The lowest BCUT2D eigenvalue weighted by Crippen LogP contribution is -2.19. The van der Waals surface area contributed by atoms with E-state index in [9.17, 15) is 9.59 Å². The fourth-order valence-corrected chi connectivity index (χ4v) is 2.17. The fraction of sp³-hybridized carbons (Fsp3) is 0.235. The third-order valence-corrected chi connectivity index (χ3v) is 3.40. The van der Waals surface area contributed by atoms with Gasteiger partial charge in [-0.3, -0.25) is 10.1 Å². The van der Waals surface area contributed by atoms with Crippen LogP contribution in [-0.2, 0) is 5.41 Å². The van der Waals surface area contributed by atoms with E-state index in [1.54, 1.807) is 30.3 Å². The first kappa shape index (κ1) is 15.8. The lowest BCUT2D eigenvalue weighted by atomic mass is 9.93. The molecule has 0 saturated carbocycles. The van der Waals surface area contributed by atoms with Gasteiger partial charge in [0.05, 0.1) is 0 Å². The summed E-state index contributed by atoms with van der Waals surface area (Å²) in [5.74, 6) is 1.26. The van der Waals surface area contributed by atoms with Crippen LogP contribution in [0.2, 0.25) is 0 Å². The maximum absolute atomic E-state index is 12.1. The number of benzene rings is 1. The van der Waals surface area contributed by atoms with E-state index in [4.69, 9.17) is 8.94 Å². The number of furan rings is 1. The van der Waals surface area contributed by atoms with Crippen LogP contribution in [0.1, 0.15) is 37.1 Å². The molecule has 0 unspecified atom stereocenters. The molecule has 0 aliphatic carbocycles. The van der Waals surface area contributed by atoms with Gasteiger partial charge in [0.2, 0.25) is 0 Å². The van der Waals surface area contributed by atoms with Gasteiger partial charge >= 0.3 is 6.03 Å². The average molecular weight is 327 g/mol. The molecule has 0 radical (unpaired) electrons. The van der Waals surface area contributed by atoms with Crippen LogP contribution in [0.5, 0.6) is 0 Å². The number of hydrogen-bond donors (Lipinski definition) is 2. The zero-order valence-corrected chi connectivity index (χ0v) is 13.5. The molecule has 2 aromatic heterocycles. The van der Waals surface area contributed by atoms with Gasteiger partial charge in [-0.25, -0.2) is 4.79 Å². The van der Waals surface area contributed by atoms with Crippen molar-refractivity contribution in [2.75, 3.05) is 10.6 Å². The molecule has 3 rings (SSSR count). The summed E-state index contributed by atoms with van der Waals surface area (Å²) in [5, 5.41) is 9.86. The first-order valence-corrected chi connectivity index (χ1v) is 7.39. The van der Waals surface area contributed by atoms with Crippen LogP contribution < -0.4 is 10.6 Å². The van der Waals surface area contributed by atoms with Crippen molar-refractivity contribution in [1.29, 1.82) is 0 Å². The Morgan fingerprint density at radius 1 is 1.17 bits per heavy atom. The Hall–Kier alpha value is -3.09. The third kappa shape index (κ3) is 3.29. The number of carbonyl (C=O) groups excluding carboxylic acids is 2. The minimum atomic E-state index is -0.442. The number of urea groups is 1. The molecule has 24 heavy (non-hydrogen) atoms. The molecule has 2 amide bonds. The summed E-state index contributed by atoms with van der Waals surface area (Å²) < 4.78 is 10.5. The molecular formula is C17H17N3O4. The molecule has 124 valence electrons. The highest BCUT2D eigenvalue weighted by Crippen LogP contribution is 2.25. The van der Waals surface area contributed by atoms with Crippen LogP contribution >= 0.6 is 0 Å². The zero-order valence-electron chi connectivity index (χ0n) is 13.5. The normalized spacial score (nSPS) is 11.5. The summed E-state index contributed by atoms with van der Waals surface area (Å²) in [6.07, 6.45) is 0.636. The van der Waals surface area contributed by atoms with Crippen molar-refractivity contribution in [3.8, 4) is 0 Å². The summed E-state index contributed by atoms with van der Waals surface area (Å²) in [6, 6.07) is 7.94. The van der Waals surface area contributed by atoms with Crippen molar-refractivity contribution in [3.05, 3.63) is 41.9 Å². The molecule has 7 heteroatoms. The van der Waals surface area contributed by atoms with Crippen LogP contribution in [0.25, 0.3) is 11.0 Å². The van der Waals surface area contributed by atoms with E-state index in [2.05, 4.69) is 15.8 Å². The number of rotatable bonds is 3. The van der Waals surface area contributed by atoms with Gasteiger partial charge < -0.3 is 14.3 Å². The zero-order chi connectivity index (χ0) is 17.3. The largest absolute Gasteiger partial charge is 0.453 e. The van der Waals surface area contributed by atoms with Crippen LogP contribution in [0.3, 0.4) is 0 Å². The fourth-order valence-electron chi connectivity index (χ4n) is 2.17. The molecule has 1 aromatic carbocycles. The first-order valence-electron chi connectivity index (χ1n) is 7.39. The summed E-state index contributed by atoms with van der Waals surface area (Å²) in [5.41, 5.74) is 0.957.